The highest BCUT2D eigenvalue weighted by Gasteiger charge is 2.56. The Balaban J connectivity index is 0.00000173. The molecule has 0 heterocycles. The second-order valence-corrected chi connectivity index (χ2v) is 18.6. The number of hydrogen-bond acceptors (Lipinski definition) is 12. The van der Waals surface area contributed by atoms with Crippen molar-refractivity contribution >= 4 is 25.8 Å². The van der Waals surface area contributed by atoms with E-state index in [1.807, 2.05) is 6.92 Å². The molecule has 1 aliphatic rings. The zero-order valence-corrected chi connectivity index (χ0v) is 34.5. The summed E-state index contributed by atoms with van der Waals surface area (Å²) >= 11 is 0. The SMILES string of the molecule is CC(C)(C)c1cc2c(c(C(C)(C)C)c1)C(CO)(C(C)(CO)CO)c1c(cc(C(C)(C)C)cc1C(C)(C)C)C2.OP(O)O.OP(O)O.OP(O)O. The Morgan fingerprint density at radius 1 is 0.480 bits per heavy atom. The van der Waals surface area contributed by atoms with E-state index in [-0.39, 0.29) is 41.5 Å². The quantitative estimate of drug-likeness (QED) is 0.191. The molecule has 0 aromatic heterocycles. The van der Waals surface area contributed by atoms with Crippen LogP contribution in [0.1, 0.15) is 135 Å². The summed E-state index contributed by atoms with van der Waals surface area (Å²) in [4.78, 5) is 65.1. The van der Waals surface area contributed by atoms with Gasteiger partial charge in [-0.2, -0.15) is 0 Å². The average Bonchev–Trinajstić information content (AvgIpc) is 2.91. The molecule has 3 rings (SSSR count). The molecule has 290 valence electrons. The monoisotopic (exact) mass is 768 g/mol. The summed E-state index contributed by atoms with van der Waals surface area (Å²) in [6.45, 7) is 28.1. The van der Waals surface area contributed by atoms with E-state index >= 15 is 0 Å². The molecule has 0 spiro atoms. The van der Waals surface area contributed by atoms with Crippen LogP contribution in [0.5, 0.6) is 0 Å². The van der Waals surface area contributed by atoms with E-state index in [1.54, 1.807) is 0 Å². The van der Waals surface area contributed by atoms with Crippen molar-refractivity contribution in [3.8, 4) is 0 Å². The molecule has 0 saturated heterocycles. The minimum absolute atomic E-state index is 0.0434. The molecule has 2 aromatic rings. The average molecular weight is 769 g/mol. The maximum Gasteiger partial charge on any atom is 0.324 e. The molecule has 0 aliphatic heterocycles. The predicted octanol–water partition coefficient (Wildman–Crippen LogP) is 4.62. The van der Waals surface area contributed by atoms with E-state index in [4.69, 9.17) is 44.0 Å². The lowest BCUT2D eigenvalue weighted by molar-refractivity contribution is -0.0126. The fourth-order valence-corrected chi connectivity index (χ4v) is 6.34. The van der Waals surface area contributed by atoms with Gasteiger partial charge in [0.05, 0.1) is 25.2 Å². The zero-order valence-electron chi connectivity index (χ0n) is 31.8. The van der Waals surface area contributed by atoms with Crippen LogP contribution >= 0.6 is 25.8 Å². The summed E-state index contributed by atoms with van der Waals surface area (Å²) in [5.74, 6) is 0. The van der Waals surface area contributed by atoms with E-state index in [0.717, 1.165) is 17.5 Å². The Morgan fingerprint density at radius 3 is 0.920 bits per heavy atom. The molecule has 0 unspecified atom stereocenters. The van der Waals surface area contributed by atoms with Crippen molar-refractivity contribution in [1.29, 1.82) is 0 Å². The fourth-order valence-electron chi connectivity index (χ4n) is 6.34. The Labute approximate surface area is 302 Å². The molecule has 0 fully saturated rings. The lowest BCUT2D eigenvalue weighted by Crippen LogP contribution is -2.56. The van der Waals surface area contributed by atoms with Gasteiger partial charge < -0.3 is 59.4 Å². The van der Waals surface area contributed by atoms with Gasteiger partial charge in [0.1, 0.15) is 0 Å². The first-order valence-electron chi connectivity index (χ1n) is 16.1. The van der Waals surface area contributed by atoms with Crippen LogP contribution in [-0.4, -0.2) is 79.2 Å². The van der Waals surface area contributed by atoms with E-state index < -0.39 is 36.6 Å². The third kappa shape index (κ3) is 12.7. The van der Waals surface area contributed by atoms with Gasteiger partial charge in [0, 0.05) is 5.41 Å². The van der Waals surface area contributed by atoms with E-state index in [2.05, 4.69) is 107 Å². The van der Waals surface area contributed by atoms with Crippen LogP contribution in [-0.2, 0) is 33.5 Å². The second kappa shape index (κ2) is 18.5. The summed E-state index contributed by atoms with van der Waals surface area (Å²) < 4.78 is 0. The van der Waals surface area contributed by atoms with Gasteiger partial charge in [-0.25, -0.2) is 0 Å². The number of hydrogen-bond donors (Lipinski definition) is 12. The standard InChI is InChI=1S/C35H54O3.3H3O3P/c1-30(2,3)24-15-22-14-23-16-25(31(4,5)6)18-27(33(10,11)12)29(23)35(21-38,34(13,19-36)20-37)28(22)26(17-24)32(7,8)9;3*1-4(2)3/h15-18,36-38H,14,19-21H2,1-13H3;3*1-3H. The second-order valence-electron chi connectivity index (χ2n) is 17.0. The Morgan fingerprint density at radius 2 is 0.740 bits per heavy atom. The van der Waals surface area contributed by atoms with Gasteiger partial charge in [0.15, 0.2) is 0 Å². The number of aliphatic hydroxyl groups is 3. The van der Waals surface area contributed by atoms with Gasteiger partial charge in [-0.05, 0) is 72.6 Å². The van der Waals surface area contributed by atoms with Crippen LogP contribution in [0.4, 0.5) is 0 Å². The molecule has 12 N–H and O–H groups in total. The minimum Gasteiger partial charge on any atom is -0.396 e. The van der Waals surface area contributed by atoms with Crippen molar-refractivity contribution in [2.45, 2.75) is 124 Å². The zero-order chi connectivity index (χ0) is 40.0. The van der Waals surface area contributed by atoms with Gasteiger partial charge in [0.2, 0.25) is 0 Å². The topological polar surface area (TPSA) is 243 Å². The number of fused-ring (bicyclic) bond motifs is 2. The maximum absolute atomic E-state index is 11.6. The van der Waals surface area contributed by atoms with Gasteiger partial charge in [-0.3, -0.25) is 0 Å². The third-order valence-corrected chi connectivity index (χ3v) is 8.99. The molecular weight excluding hydrogens is 705 g/mol. The van der Waals surface area contributed by atoms with E-state index in [1.165, 1.54) is 33.4 Å². The van der Waals surface area contributed by atoms with E-state index in [0.29, 0.717) is 0 Å². The summed E-state index contributed by atoms with van der Waals surface area (Å²) in [7, 11) is -7.86. The molecule has 0 radical (unpaired) electrons. The largest absolute Gasteiger partial charge is 0.396 e. The molecule has 0 bridgehead atoms. The van der Waals surface area contributed by atoms with Crippen molar-refractivity contribution < 1.29 is 59.4 Å². The minimum atomic E-state index is -2.62. The predicted molar refractivity (Wildman–Crippen MR) is 201 cm³/mol. The van der Waals surface area contributed by atoms with Crippen LogP contribution < -0.4 is 0 Å². The van der Waals surface area contributed by atoms with Crippen LogP contribution in [0.15, 0.2) is 24.3 Å². The molecule has 12 nitrogen and oxygen atoms in total. The van der Waals surface area contributed by atoms with Gasteiger partial charge in [-0.1, -0.05) is 114 Å². The molecule has 0 atom stereocenters. The fraction of sp³-hybridized carbons (Fsp3) is 0.657. The smallest absolute Gasteiger partial charge is 0.324 e. The number of aliphatic hydroxyl groups excluding tert-OH is 3. The molecule has 15 heteroatoms. The molecule has 0 amide bonds. The van der Waals surface area contributed by atoms with E-state index in [9.17, 15) is 15.3 Å². The summed E-state index contributed by atoms with van der Waals surface area (Å²) in [5, 5.41) is 33.6. The van der Waals surface area contributed by atoms with Crippen LogP contribution in [0.2, 0.25) is 0 Å². The van der Waals surface area contributed by atoms with Crippen molar-refractivity contribution in [3.05, 3.63) is 68.8 Å². The molecular formula is C35H63O12P3. The molecule has 50 heavy (non-hydrogen) atoms. The first-order chi connectivity index (χ1) is 22.3. The first-order valence-corrected chi connectivity index (χ1v) is 19.7. The normalized spacial score (nSPS) is 14.6. The van der Waals surface area contributed by atoms with Crippen LogP contribution in [0.3, 0.4) is 0 Å². The molecule has 2 aromatic carbocycles. The Bertz CT molecular complexity index is 1260. The highest BCUT2D eigenvalue weighted by molar-refractivity contribution is 7.38. The molecule has 1 aliphatic carbocycles. The summed E-state index contributed by atoms with van der Waals surface area (Å²) in [5.41, 5.74) is 7.03. The maximum atomic E-state index is 11.6. The van der Waals surface area contributed by atoms with Crippen molar-refractivity contribution in [3.63, 3.8) is 0 Å². The lowest BCUT2D eigenvalue weighted by atomic mass is 9.50. The molecule has 0 saturated carbocycles. The lowest BCUT2D eigenvalue weighted by Gasteiger charge is -2.54. The van der Waals surface area contributed by atoms with Gasteiger partial charge >= 0.3 is 25.8 Å². The van der Waals surface area contributed by atoms with Crippen molar-refractivity contribution in [1.82, 2.24) is 0 Å². The summed E-state index contributed by atoms with van der Waals surface area (Å²) in [6.07, 6.45) is 0.763. The Hall–Kier alpha value is -0.750. The van der Waals surface area contributed by atoms with Gasteiger partial charge in [0.25, 0.3) is 0 Å². The first kappa shape index (κ1) is 49.2. The van der Waals surface area contributed by atoms with Crippen molar-refractivity contribution in [2.75, 3.05) is 19.8 Å². The van der Waals surface area contributed by atoms with Crippen LogP contribution in [0, 0.1) is 5.41 Å². The highest BCUT2D eigenvalue weighted by atomic mass is 31.2. The van der Waals surface area contributed by atoms with Gasteiger partial charge in [-0.15, -0.1) is 0 Å². The van der Waals surface area contributed by atoms with Crippen molar-refractivity contribution in [2.24, 2.45) is 5.41 Å². The van der Waals surface area contributed by atoms with Crippen LogP contribution in [0.25, 0.3) is 0 Å². The number of benzene rings is 2. The summed E-state index contributed by atoms with van der Waals surface area (Å²) in [6, 6.07) is 9.30. The highest BCUT2D eigenvalue weighted by Crippen LogP contribution is 2.57. The number of rotatable bonds is 4. The Kier molecular flexibility index (Phi) is 18.2. The third-order valence-electron chi connectivity index (χ3n) is 8.99.